The van der Waals surface area contributed by atoms with E-state index in [1.807, 2.05) is 18.2 Å². The van der Waals surface area contributed by atoms with Crippen LogP contribution in [-0.4, -0.2) is 31.3 Å². The number of benzene rings is 2. The van der Waals surface area contributed by atoms with Gasteiger partial charge in [0.25, 0.3) is 0 Å². The standard InChI is InChI=1S/C22H29FN2O/c1-22(2)16-21(12-15-26-22)25(20-10-8-19(23)9-11-20)14-13-24-17-18-6-4-3-5-7-18/h3-11,21,24H,12-17H2,1-2H3. The molecule has 1 saturated heterocycles. The van der Waals surface area contributed by atoms with E-state index in [1.54, 1.807) is 12.1 Å². The Balaban J connectivity index is 1.63. The van der Waals surface area contributed by atoms with E-state index in [2.05, 4.69) is 48.3 Å². The second-order valence-corrected chi connectivity index (χ2v) is 7.59. The summed E-state index contributed by atoms with van der Waals surface area (Å²) in [6, 6.07) is 17.7. The van der Waals surface area contributed by atoms with Crippen LogP contribution in [0, 0.1) is 5.82 Å². The minimum absolute atomic E-state index is 0.112. The fraction of sp³-hybridized carbons (Fsp3) is 0.455. The van der Waals surface area contributed by atoms with Gasteiger partial charge in [-0.15, -0.1) is 0 Å². The monoisotopic (exact) mass is 356 g/mol. The van der Waals surface area contributed by atoms with Crippen LogP contribution in [0.5, 0.6) is 0 Å². The summed E-state index contributed by atoms with van der Waals surface area (Å²) in [5.41, 5.74) is 2.25. The van der Waals surface area contributed by atoms with Crippen LogP contribution in [0.15, 0.2) is 54.6 Å². The van der Waals surface area contributed by atoms with Crippen LogP contribution in [0.2, 0.25) is 0 Å². The van der Waals surface area contributed by atoms with Crippen molar-refractivity contribution in [2.24, 2.45) is 0 Å². The predicted octanol–water partition coefficient (Wildman–Crippen LogP) is 4.38. The summed E-state index contributed by atoms with van der Waals surface area (Å²) in [7, 11) is 0. The van der Waals surface area contributed by atoms with Gasteiger partial charge in [-0.2, -0.15) is 0 Å². The summed E-state index contributed by atoms with van der Waals surface area (Å²) in [4.78, 5) is 2.40. The summed E-state index contributed by atoms with van der Waals surface area (Å²) in [5, 5.41) is 3.53. The van der Waals surface area contributed by atoms with Crippen molar-refractivity contribution in [3.05, 3.63) is 66.0 Å². The highest BCUT2D eigenvalue weighted by molar-refractivity contribution is 5.47. The Kier molecular flexibility index (Phi) is 6.28. The third-order valence-electron chi connectivity index (χ3n) is 4.97. The van der Waals surface area contributed by atoms with Gasteiger partial charge in [0.1, 0.15) is 5.82 Å². The molecule has 2 aromatic rings. The molecule has 0 saturated carbocycles. The van der Waals surface area contributed by atoms with Crippen LogP contribution in [-0.2, 0) is 11.3 Å². The van der Waals surface area contributed by atoms with Crippen LogP contribution in [0.4, 0.5) is 10.1 Å². The summed E-state index contributed by atoms with van der Waals surface area (Å²) < 4.78 is 19.2. The maximum Gasteiger partial charge on any atom is 0.123 e. The second kappa shape index (κ2) is 8.65. The van der Waals surface area contributed by atoms with Crippen LogP contribution in [0.25, 0.3) is 0 Å². The van der Waals surface area contributed by atoms with Crippen molar-refractivity contribution in [3.8, 4) is 0 Å². The molecule has 140 valence electrons. The first kappa shape index (κ1) is 18.9. The lowest BCUT2D eigenvalue weighted by Crippen LogP contribution is -2.48. The molecule has 0 amide bonds. The molecule has 1 unspecified atom stereocenters. The molecule has 26 heavy (non-hydrogen) atoms. The Bertz CT molecular complexity index is 672. The molecular formula is C22H29FN2O. The zero-order valence-corrected chi connectivity index (χ0v) is 15.7. The first-order valence-electron chi connectivity index (χ1n) is 9.44. The Morgan fingerprint density at radius 2 is 1.85 bits per heavy atom. The molecule has 4 heteroatoms. The van der Waals surface area contributed by atoms with E-state index in [1.165, 1.54) is 5.56 Å². The maximum absolute atomic E-state index is 13.4. The first-order valence-corrected chi connectivity index (χ1v) is 9.44. The number of anilines is 1. The van der Waals surface area contributed by atoms with Crippen LogP contribution in [0.3, 0.4) is 0 Å². The lowest BCUT2D eigenvalue weighted by Gasteiger charge is -2.42. The molecule has 2 aromatic carbocycles. The van der Waals surface area contributed by atoms with E-state index in [4.69, 9.17) is 4.74 Å². The molecule has 1 N–H and O–H groups in total. The number of hydrogen-bond acceptors (Lipinski definition) is 3. The van der Waals surface area contributed by atoms with Crippen molar-refractivity contribution < 1.29 is 9.13 Å². The van der Waals surface area contributed by atoms with Gasteiger partial charge in [0.05, 0.1) is 5.60 Å². The predicted molar refractivity (Wildman–Crippen MR) is 105 cm³/mol. The van der Waals surface area contributed by atoms with Gasteiger partial charge in [0.15, 0.2) is 0 Å². The minimum atomic E-state index is -0.191. The molecule has 3 rings (SSSR count). The number of ether oxygens (including phenoxy) is 1. The molecule has 1 heterocycles. The van der Waals surface area contributed by atoms with Gasteiger partial charge in [-0.3, -0.25) is 0 Å². The van der Waals surface area contributed by atoms with E-state index in [0.717, 1.165) is 44.8 Å². The fourth-order valence-corrected chi connectivity index (χ4v) is 3.65. The lowest BCUT2D eigenvalue weighted by molar-refractivity contribution is -0.0589. The van der Waals surface area contributed by atoms with E-state index in [9.17, 15) is 4.39 Å². The Hall–Kier alpha value is -1.91. The number of halogens is 1. The Morgan fingerprint density at radius 1 is 1.12 bits per heavy atom. The van der Waals surface area contributed by atoms with Gasteiger partial charge < -0.3 is 15.0 Å². The van der Waals surface area contributed by atoms with Gasteiger partial charge in [0.2, 0.25) is 0 Å². The number of nitrogens with one attached hydrogen (secondary N) is 1. The molecule has 1 fully saturated rings. The Labute approximate surface area is 156 Å². The molecule has 1 aliphatic heterocycles. The normalized spacial score (nSPS) is 19.3. The van der Waals surface area contributed by atoms with Crippen molar-refractivity contribution in [2.75, 3.05) is 24.6 Å². The fourth-order valence-electron chi connectivity index (χ4n) is 3.65. The van der Waals surface area contributed by atoms with E-state index < -0.39 is 0 Å². The first-order chi connectivity index (χ1) is 12.5. The zero-order chi connectivity index (χ0) is 18.4. The quantitative estimate of drug-likeness (QED) is 0.745. The van der Waals surface area contributed by atoms with Gasteiger partial charge in [-0.1, -0.05) is 30.3 Å². The molecule has 0 radical (unpaired) electrons. The molecule has 1 atom stereocenters. The average Bonchev–Trinajstić information content (AvgIpc) is 2.63. The summed E-state index contributed by atoms with van der Waals surface area (Å²) in [5.74, 6) is -0.191. The van der Waals surface area contributed by atoms with Gasteiger partial charge in [0, 0.05) is 38.0 Å². The third kappa shape index (κ3) is 5.29. The molecule has 0 bridgehead atoms. The molecule has 0 aromatic heterocycles. The second-order valence-electron chi connectivity index (χ2n) is 7.59. The van der Waals surface area contributed by atoms with Crippen molar-refractivity contribution >= 4 is 5.69 Å². The van der Waals surface area contributed by atoms with E-state index >= 15 is 0 Å². The van der Waals surface area contributed by atoms with E-state index in [0.29, 0.717) is 6.04 Å². The van der Waals surface area contributed by atoms with Crippen molar-refractivity contribution in [2.45, 2.75) is 44.9 Å². The summed E-state index contributed by atoms with van der Waals surface area (Å²) in [6.07, 6.45) is 1.97. The van der Waals surface area contributed by atoms with Gasteiger partial charge >= 0.3 is 0 Å². The molecule has 0 spiro atoms. The van der Waals surface area contributed by atoms with Crippen molar-refractivity contribution in [3.63, 3.8) is 0 Å². The maximum atomic E-state index is 13.4. The number of rotatable bonds is 7. The highest BCUT2D eigenvalue weighted by atomic mass is 19.1. The van der Waals surface area contributed by atoms with Crippen molar-refractivity contribution in [1.29, 1.82) is 0 Å². The zero-order valence-electron chi connectivity index (χ0n) is 15.7. The van der Waals surface area contributed by atoms with Gasteiger partial charge in [-0.25, -0.2) is 4.39 Å². The largest absolute Gasteiger partial charge is 0.375 e. The molecule has 3 nitrogen and oxygen atoms in total. The van der Waals surface area contributed by atoms with Gasteiger partial charge in [-0.05, 0) is 56.5 Å². The average molecular weight is 356 g/mol. The Morgan fingerprint density at radius 3 is 2.54 bits per heavy atom. The SMILES string of the molecule is CC1(C)CC(N(CCNCc2ccccc2)c2ccc(F)cc2)CCO1. The van der Waals surface area contributed by atoms with Crippen LogP contribution < -0.4 is 10.2 Å². The van der Waals surface area contributed by atoms with Crippen molar-refractivity contribution in [1.82, 2.24) is 5.32 Å². The topological polar surface area (TPSA) is 24.5 Å². The smallest absolute Gasteiger partial charge is 0.123 e. The molecular weight excluding hydrogens is 327 g/mol. The number of nitrogens with zero attached hydrogens (tertiary/aromatic N) is 1. The van der Waals surface area contributed by atoms with Crippen LogP contribution in [0.1, 0.15) is 32.3 Å². The highest BCUT2D eigenvalue weighted by Gasteiger charge is 2.32. The lowest BCUT2D eigenvalue weighted by atomic mass is 9.92. The molecule has 1 aliphatic rings. The summed E-state index contributed by atoms with van der Waals surface area (Å²) >= 11 is 0. The summed E-state index contributed by atoms with van der Waals surface area (Å²) in [6.45, 7) is 7.69. The number of hydrogen-bond donors (Lipinski definition) is 1. The minimum Gasteiger partial charge on any atom is -0.375 e. The third-order valence-corrected chi connectivity index (χ3v) is 4.97. The molecule has 0 aliphatic carbocycles. The highest BCUT2D eigenvalue weighted by Crippen LogP contribution is 2.30. The van der Waals surface area contributed by atoms with E-state index in [-0.39, 0.29) is 11.4 Å². The van der Waals surface area contributed by atoms with Crippen LogP contribution >= 0.6 is 0 Å².